The summed E-state index contributed by atoms with van der Waals surface area (Å²) in [5.74, 6) is -0.696. The number of methoxy groups -OCH3 is 1. The highest BCUT2D eigenvalue weighted by Crippen LogP contribution is 2.20. The Morgan fingerprint density at radius 2 is 1.75 bits per heavy atom. The van der Waals surface area contributed by atoms with Crippen LogP contribution >= 0.6 is 12.4 Å². The van der Waals surface area contributed by atoms with Gasteiger partial charge in [-0.2, -0.15) is 0 Å². The molecule has 2 aromatic rings. The number of sulfone groups is 1. The Labute approximate surface area is 173 Å². The Bertz CT molecular complexity index is 870. The summed E-state index contributed by atoms with van der Waals surface area (Å²) in [6.45, 7) is 5.07. The zero-order valence-electron chi connectivity index (χ0n) is 16.3. The molecule has 0 aliphatic rings. The molecule has 1 atom stereocenters. The number of ether oxygens (including phenoxy) is 1. The van der Waals surface area contributed by atoms with E-state index in [4.69, 9.17) is 4.74 Å². The van der Waals surface area contributed by atoms with E-state index in [0.717, 1.165) is 12.1 Å². The molecule has 0 aliphatic carbocycles. The molecule has 0 spiro atoms. The summed E-state index contributed by atoms with van der Waals surface area (Å²) in [5, 5.41) is 6.07. The first-order chi connectivity index (χ1) is 12.9. The number of carbonyl (C=O) groups excluding carboxylic acids is 1. The van der Waals surface area contributed by atoms with Gasteiger partial charge >= 0.3 is 0 Å². The highest BCUT2D eigenvalue weighted by molar-refractivity contribution is 7.91. The predicted molar refractivity (Wildman–Crippen MR) is 114 cm³/mol. The van der Waals surface area contributed by atoms with Crippen molar-refractivity contribution < 1.29 is 17.9 Å². The van der Waals surface area contributed by atoms with Crippen LogP contribution in [0, 0.1) is 5.92 Å². The number of nitrogens with one attached hydrogen (secondary N) is 2. The van der Waals surface area contributed by atoms with Crippen molar-refractivity contribution in [1.29, 1.82) is 0 Å². The summed E-state index contributed by atoms with van der Waals surface area (Å²) in [6, 6.07) is 13.6. The number of para-hydroxylation sites is 1. The maximum absolute atomic E-state index is 12.6. The maximum Gasteiger partial charge on any atom is 0.228 e. The van der Waals surface area contributed by atoms with Gasteiger partial charge in [0.05, 0.1) is 17.8 Å². The molecule has 28 heavy (non-hydrogen) atoms. The molecule has 2 aromatic carbocycles. The SMILES string of the molecule is CCNCc1ccccc1NC(=O)C(C)CS(=O)(=O)c1ccc(OC)cc1.Cl. The molecule has 0 aromatic heterocycles. The van der Waals surface area contributed by atoms with Crippen LogP contribution in [0.25, 0.3) is 0 Å². The van der Waals surface area contributed by atoms with Crippen molar-refractivity contribution in [3.05, 3.63) is 54.1 Å². The number of hydrogen-bond acceptors (Lipinski definition) is 5. The molecule has 2 N–H and O–H groups in total. The lowest BCUT2D eigenvalue weighted by atomic mass is 10.1. The van der Waals surface area contributed by atoms with E-state index in [1.165, 1.54) is 19.2 Å². The van der Waals surface area contributed by atoms with E-state index in [0.29, 0.717) is 18.0 Å². The van der Waals surface area contributed by atoms with Gasteiger partial charge in [0.1, 0.15) is 5.75 Å². The van der Waals surface area contributed by atoms with Crippen molar-refractivity contribution >= 4 is 33.8 Å². The average molecular weight is 427 g/mol. The van der Waals surface area contributed by atoms with Crippen molar-refractivity contribution in [2.75, 3.05) is 24.7 Å². The molecule has 0 saturated heterocycles. The van der Waals surface area contributed by atoms with E-state index in [1.54, 1.807) is 19.1 Å². The Kier molecular flexibility index (Phi) is 9.45. The zero-order valence-corrected chi connectivity index (χ0v) is 17.9. The van der Waals surface area contributed by atoms with Crippen LogP contribution in [0.1, 0.15) is 19.4 Å². The van der Waals surface area contributed by atoms with Gasteiger partial charge in [-0.1, -0.05) is 32.0 Å². The van der Waals surface area contributed by atoms with Crippen LogP contribution < -0.4 is 15.4 Å². The van der Waals surface area contributed by atoms with Crippen molar-refractivity contribution in [3.63, 3.8) is 0 Å². The second-order valence-corrected chi connectivity index (χ2v) is 8.32. The normalized spacial score (nSPS) is 12.0. The Balaban J connectivity index is 0.00000392. The molecule has 0 heterocycles. The maximum atomic E-state index is 12.6. The van der Waals surface area contributed by atoms with E-state index in [9.17, 15) is 13.2 Å². The number of benzene rings is 2. The summed E-state index contributed by atoms with van der Waals surface area (Å²) in [5.41, 5.74) is 1.65. The van der Waals surface area contributed by atoms with Crippen molar-refractivity contribution in [3.8, 4) is 5.75 Å². The van der Waals surface area contributed by atoms with Gasteiger partial charge in [-0.3, -0.25) is 4.79 Å². The largest absolute Gasteiger partial charge is 0.497 e. The van der Waals surface area contributed by atoms with Crippen molar-refractivity contribution in [2.24, 2.45) is 5.92 Å². The number of anilines is 1. The van der Waals surface area contributed by atoms with Crippen LogP contribution in [0.15, 0.2) is 53.4 Å². The van der Waals surface area contributed by atoms with Crippen molar-refractivity contribution in [1.82, 2.24) is 5.32 Å². The van der Waals surface area contributed by atoms with Gasteiger partial charge in [0.15, 0.2) is 9.84 Å². The fraction of sp³-hybridized carbons (Fsp3) is 0.350. The quantitative estimate of drug-likeness (QED) is 0.642. The number of amides is 1. The second kappa shape index (κ2) is 11.0. The molecule has 2 rings (SSSR count). The fourth-order valence-corrected chi connectivity index (χ4v) is 4.15. The third kappa shape index (κ3) is 6.51. The number of halogens is 1. The molecule has 0 aliphatic heterocycles. The molecule has 1 amide bonds. The summed E-state index contributed by atoms with van der Waals surface area (Å²) in [7, 11) is -2.06. The smallest absolute Gasteiger partial charge is 0.228 e. The molecule has 1 unspecified atom stereocenters. The first-order valence-electron chi connectivity index (χ1n) is 8.83. The van der Waals surface area contributed by atoms with Crippen LogP contribution in [-0.2, 0) is 21.2 Å². The van der Waals surface area contributed by atoms with Gasteiger partial charge in [-0.05, 0) is 42.4 Å². The lowest BCUT2D eigenvalue weighted by molar-refractivity contribution is -0.118. The molecule has 154 valence electrons. The first-order valence-corrected chi connectivity index (χ1v) is 10.5. The first kappa shape index (κ1) is 23.9. The highest BCUT2D eigenvalue weighted by atomic mass is 35.5. The van der Waals surface area contributed by atoms with Crippen molar-refractivity contribution in [2.45, 2.75) is 25.3 Å². The standard InChI is InChI=1S/C20H26N2O4S.ClH/c1-4-21-13-16-7-5-6-8-19(16)22-20(23)15(2)14-27(24,25)18-11-9-17(26-3)10-12-18;/h5-12,15,21H,4,13-14H2,1-3H3,(H,22,23);1H. The van der Waals surface area contributed by atoms with Gasteiger partial charge in [-0.15, -0.1) is 12.4 Å². The Morgan fingerprint density at radius 1 is 1.11 bits per heavy atom. The Morgan fingerprint density at radius 3 is 2.36 bits per heavy atom. The molecule has 0 fully saturated rings. The fourth-order valence-electron chi connectivity index (χ4n) is 2.60. The van der Waals surface area contributed by atoms with E-state index < -0.39 is 15.8 Å². The van der Waals surface area contributed by atoms with Crippen LogP contribution in [-0.4, -0.2) is 33.7 Å². The van der Waals surface area contributed by atoms with E-state index >= 15 is 0 Å². The molecule has 8 heteroatoms. The molecular formula is C20H27ClN2O4S. The lowest BCUT2D eigenvalue weighted by Crippen LogP contribution is -2.27. The van der Waals surface area contributed by atoms with Gasteiger partial charge in [0.2, 0.25) is 5.91 Å². The Hall–Kier alpha value is -2.09. The number of carbonyl (C=O) groups is 1. The third-order valence-electron chi connectivity index (χ3n) is 4.18. The molecule has 0 bridgehead atoms. The average Bonchev–Trinajstić information content (AvgIpc) is 2.67. The molecule has 6 nitrogen and oxygen atoms in total. The third-order valence-corrected chi connectivity index (χ3v) is 6.11. The van der Waals surface area contributed by atoms with E-state index in [-0.39, 0.29) is 29.0 Å². The summed E-state index contributed by atoms with van der Waals surface area (Å²) >= 11 is 0. The lowest BCUT2D eigenvalue weighted by Gasteiger charge is -2.15. The molecule has 0 saturated carbocycles. The zero-order chi connectivity index (χ0) is 19.9. The minimum Gasteiger partial charge on any atom is -0.497 e. The van der Waals surface area contributed by atoms with Crippen LogP contribution in [0.4, 0.5) is 5.69 Å². The highest BCUT2D eigenvalue weighted by Gasteiger charge is 2.24. The number of rotatable bonds is 9. The summed E-state index contributed by atoms with van der Waals surface area (Å²) in [6.07, 6.45) is 0. The minimum atomic E-state index is -3.57. The van der Waals surface area contributed by atoms with Crippen LogP contribution in [0.2, 0.25) is 0 Å². The topological polar surface area (TPSA) is 84.5 Å². The van der Waals surface area contributed by atoms with E-state index in [2.05, 4.69) is 10.6 Å². The van der Waals surface area contributed by atoms with Gasteiger partial charge < -0.3 is 15.4 Å². The van der Waals surface area contributed by atoms with E-state index in [1.807, 2.05) is 31.2 Å². The van der Waals surface area contributed by atoms with Crippen LogP contribution in [0.3, 0.4) is 0 Å². The summed E-state index contributed by atoms with van der Waals surface area (Å²) in [4.78, 5) is 12.7. The minimum absolute atomic E-state index is 0. The monoisotopic (exact) mass is 426 g/mol. The molecule has 0 radical (unpaired) electrons. The van der Waals surface area contributed by atoms with Gasteiger partial charge in [-0.25, -0.2) is 8.42 Å². The van der Waals surface area contributed by atoms with Crippen LogP contribution in [0.5, 0.6) is 5.75 Å². The second-order valence-electron chi connectivity index (χ2n) is 6.28. The van der Waals surface area contributed by atoms with Gasteiger partial charge in [0, 0.05) is 18.2 Å². The molecular weight excluding hydrogens is 400 g/mol. The number of hydrogen-bond donors (Lipinski definition) is 2. The summed E-state index contributed by atoms with van der Waals surface area (Å²) < 4.78 is 30.2. The predicted octanol–water partition coefficient (Wildman–Crippen LogP) is 3.28. The van der Waals surface area contributed by atoms with Gasteiger partial charge in [0.25, 0.3) is 0 Å².